The van der Waals surface area contributed by atoms with Gasteiger partial charge < -0.3 is 14.4 Å². The van der Waals surface area contributed by atoms with Crippen molar-refractivity contribution in [2.24, 2.45) is 0 Å². The molecule has 3 aromatic heterocycles. The number of rotatable bonds is 5. The van der Waals surface area contributed by atoms with Crippen molar-refractivity contribution < 1.29 is 31.4 Å². The number of fused-ring (bicyclic) bond motifs is 7. The van der Waals surface area contributed by atoms with Gasteiger partial charge in [0.2, 0.25) is 0 Å². The Morgan fingerprint density at radius 3 is 2.30 bits per heavy atom. The van der Waals surface area contributed by atoms with Gasteiger partial charge in [-0.2, -0.15) is 0 Å². The van der Waals surface area contributed by atoms with Gasteiger partial charge in [-0.15, -0.1) is 54.1 Å². The SMILES string of the molecule is CC(C)c1cc(-c2[c-]cccc2)ncc1C(C)(C)C.[2H]C([2H])([2H])c1cnc(-c2[c-]ccc3c2oc2c3ccc3c4ccccc4ccc32)cc1C([2H])([2H])C1CCCC[Si]1(C)C.[Ir]. The van der Waals surface area contributed by atoms with E-state index in [1.807, 2.05) is 48.7 Å². The summed E-state index contributed by atoms with van der Waals surface area (Å²) in [6.45, 7) is 13.2. The standard InChI is InChI=1S/C34H32NOSi.C18H22N.Ir/c1-22-21-35-32(20-24(22)19-25-10-6-7-18-37(25,2)3)31-13-8-12-28-30-17-16-27-26-11-5-4-9-23(26)14-15-29(27)33(30)36-34(28)31;1-13(2)15-11-17(14-9-7-6-8-10-14)19-12-16(15)18(3,4)5;/h4-5,8-9,11-12,14-17,20-21,25H,6-7,10,18-19H2,1-3H3;6-9,11-13H,1-5H3;/q2*-1;/i1D3,19D2;;. The van der Waals surface area contributed by atoms with Crippen molar-refractivity contribution in [3.63, 3.8) is 0 Å². The third-order valence-electron chi connectivity index (χ3n) is 11.7. The molecule has 5 aromatic carbocycles. The molecule has 1 atom stereocenters. The van der Waals surface area contributed by atoms with Gasteiger partial charge in [0.25, 0.3) is 0 Å². The summed E-state index contributed by atoms with van der Waals surface area (Å²) in [6.07, 6.45) is 4.45. The number of hydrogen-bond acceptors (Lipinski definition) is 3. The molecule has 5 heteroatoms. The Kier molecular flexibility index (Phi) is 9.99. The van der Waals surface area contributed by atoms with E-state index >= 15 is 0 Å². The van der Waals surface area contributed by atoms with Crippen molar-refractivity contribution in [1.82, 2.24) is 9.97 Å². The second kappa shape index (κ2) is 16.4. The zero-order valence-corrected chi connectivity index (χ0v) is 37.4. The number of aromatic nitrogens is 2. The van der Waals surface area contributed by atoms with Gasteiger partial charge in [-0.1, -0.05) is 150 Å². The van der Waals surface area contributed by atoms with Gasteiger partial charge in [0, 0.05) is 50.1 Å². The zero-order chi connectivity index (χ0) is 43.5. The summed E-state index contributed by atoms with van der Waals surface area (Å²) in [5.41, 5.74) is 7.41. The van der Waals surface area contributed by atoms with E-state index in [0.717, 1.165) is 69.1 Å². The fourth-order valence-electron chi connectivity index (χ4n) is 8.41. The molecule has 0 saturated carbocycles. The van der Waals surface area contributed by atoms with Crippen LogP contribution < -0.4 is 0 Å². The van der Waals surface area contributed by atoms with Gasteiger partial charge in [-0.05, 0) is 74.3 Å². The smallest absolute Gasteiger partial charge is 0.128 e. The maximum atomic E-state index is 9.39. The van der Waals surface area contributed by atoms with Crippen LogP contribution in [0.2, 0.25) is 24.7 Å². The molecule has 0 amide bonds. The normalized spacial score (nSPS) is 17.3. The maximum Gasteiger partial charge on any atom is 0.128 e. The molecule has 0 aliphatic carbocycles. The Morgan fingerprint density at radius 1 is 0.807 bits per heavy atom. The van der Waals surface area contributed by atoms with Crippen LogP contribution in [0.3, 0.4) is 0 Å². The monoisotopic (exact) mass is 948 g/mol. The van der Waals surface area contributed by atoms with Crippen molar-refractivity contribution in [1.29, 1.82) is 0 Å². The molecule has 1 fully saturated rings. The van der Waals surface area contributed by atoms with E-state index in [1.165, 1.54) is 22.7 Å². The molecule has 1 aliphatic heterocycles. The van der Waals surface area contributed by atoms with E-state index in [-0.39, 0.29) is 42.2 Å². The molecule has 293 valence electrons. The van der Waals surface area contributed by atoms with Crippen LogP contribution in [0.15, 0.2) is 114 Å². The Bertz CT molecular complexity index is 2900. The van der Waals surface area contributed by atoms with Gasteiger partial charge in [0.1, 0.15) is 5.58 Å². The molecule has 1 radical (unpaired) electrons. The van der Waals surface area contributed by atoms with E-state index < -0.39 is 21.3 Å². The first-order chi connectivity index (χ1) is 28.9. The van der Waals surface area contributed by atoms with Gasteiger partial charge in [0.05, 0.1) is 13.7 Å². The molecule has 57 heavy (non-hydrogen) atoms. The maximum absolute atomic E-state index is 9.39. The minimum Gasteiger partial charge on any atom is -0.500 e. The number of hydrogen-bond donors (Lipinski definition) is 0. The summed E-state index contributed by atoms with van der Waals surface area (Å²) < 4.78 is 50.1. The molecule has 0 spiro atoms. The average Bonchev–Trinajstić information content (AvgIpc) is 3.62. The Hall–Kier alpha value is -4.41. The van der Waals surface area contributed by atoms with Gasteiger partial charge >= 0.3 is 0 Å². The number of pyridine rings is 2. The van der Waals surface area contributed by atoms with Crippen molar-refractivity contribution in [2.45, 2.75) is 103 Å². The topological polar surface area (TPSA) is 38.9 Å². The van der Waals surface area contributed by atoms with Crippen LogP contribution in [0, 0.1) is 19.0 Å². The van der Waals surface area contributed by atoms with Crippen LogP contribution in [0.5, 0.6) is 0 Å². The molecule has 1 unspecified atom stereocenters. The van der Waals surface area contributed by atoms with Crippen LogP contribution in [-0.2, 0) is 31.9 Å². The van der Waals surface area contributed by atoms with Crippen molar-refractivity contribution >= 4 is 51.6 Å². The molecule has 0 bridgehead atoms. The van der Waals surface area contributed by atoms with Crippen LogP contribution in [0.25, 0.3) is 66.0 Å². The summed E-state index contributed by atoms with van der Waals surface area (Å²) in [5.74, 6) is 0.500. The zero-order valence-electron chi connectivity index (χ0n) is 39.0. The fourth-order valence-corrected chi connectivity index (χ4v) is 11.5. The van der Waals surface area contributed by atoms with E-state index in [9.17, 15) is 2.74 Å². The number of furan rings is 1. The molecule has 8 aromatic rings. The fraction of sp³-hybridized carbons (Fsp3) is 0.308. The average molecular weight is 948 g/mol. The minimum atomic E-state index is -2.48. The Balaban J connectivity index is 0.000000244. The van der Waals surface area contributed by atoms with Crippen LogP contribution in [-0.4, -0.2) is 18.0 Å². The van der Waals surface area contributed by atoms with E-state index in [2.05, 4.69) is 118 Å². The summed E-state index contributed by atoms with van der Waals surface area (Å²) in [7, 11) is -1.93. The molecular formula is C52H54IrN2OSi-2. The van der Waals surface area contributed by atoms with Gasteiger partial charge in [-0.25, -0.2) is 0 Å². The summed E-state index contributed by atoms with van der Waals surface area (Å²) in [5, 5.41) is 6.35. The first-order valence-corrected chi connectivity index (χ1v) is 23.3. The number of aryl methyl sites for hydroxylation is 1. The summed E-state index contributed by atoms with van der Waals surface area (Å²) in [6, 6.07) is 40.0. The predicted molar refractivity (Wildman–Crippen MR) is 240 cm³/mol. The molecular weight excluding hydrogens is 889 g/mol. The van der Waals surface area contributed by atoms with E-state index in [0.29, 0.717) is 22.8 Å². The molecule has 0 N–H and O–H groups in total. The van der Waals surface area contributed by atoms with Gasteiger partial charge in [0.15, 0.2) is 0 Å². The van der Waals surface area contributed by atoms with Crippen molar-refractivity contribution in [3.8, 4) is 22.5 Å². The van der Waals surface area contributed by atoms with Crippen molar-refractivity contribution in [3.05, 3.63) is 144 Å². The second-order valence-corrected chi connectivity index (χ2v) is 22.6. The van der Waals surface area contributed by atoms with E-state index in [4.69, 9.17) is 8.53 Å². The predicted octanol–water partition coefficient (Wildman–Crippen LogP) is 14.8. The molecule has 3 nitrogen and oxygen atoms in total. The third kappa shape index (κ3) is 8.17. The minimum absolute atomic E-state index is 0. The number of benzene rings is 5. The summed E-state index contributed by atoms with van der Waals surface area (Å²) in [4.78, 5) is 9.22. The van der Waals surface area contributed by atoms with Gasteiger partial charge in [-0.3, -0.25) is 0 Å². The number of nitrogens with zero attached hydrogens (tertiary/aromatic N) is 2. The first-order valence-electron chi connectivity index (χ1n) is 22.5. The van der Waals surface area contributed by atoms with Crippen LogP contribution >= 0.6 is 0 Å². The molecule has 1 aliphatic rings. The Labute approximate surface area is 360 Å². The first kappa shape index (κ1) is 34.6. The molecule has 9 rings (SSSR count). The largest absolute Gasteiger partial charge is 0.500 e. The van der Waals surface area contributed by atoms with Crippen LogP contribution in [0.1, 0.15) is 88.9 Å². The third-order valence-corrected chi connectivity index (χ3v) is 15.6. The van der Waals surface area contributed by atoms with E-state index in [1.54, 1.807) is 6.07 Å². The molecule has 1 saturated heterocycles. The Morgan fingerprint density at radius 2 is 1.54 bits per heavy atom. The quantitative estimate of drug-likeness (QED) is 0.0980. The summed E-state index contributed by atoms with van der Waals surface area (Å²) >= 11 is 0. The van der Waals surface area contributed by atoms with Crippen molar-refractivity contribution in [2.75, 3.05) is 0 Å². The van der Waals surface area contributed by atoms with Crippen LogP contribution in [0.4, 0.5) is 0 Å². The molecule has 4 heterocycles. The second-order valence-electron chi connectivity index (χ2n) is 17.4.